The maximum absolute atomic E-state index is 12.3. The second-order valence-electron chi connectivity index (χ2n) is 6.05. The van der Waals surface area contributed by atoms with Crippen molar-refractivity contribution in [2.45, 2.75) is 13.0 Å². The maximum Gasteiger partial charge on any atom is 0.279 e. The van der Waals surface area contributed by atoms with Gasteiger partial charge in [0, 0.05) is 5.56 Å². The Hall–Kier alpha value is -2.85. The van der Waals surface area contributed by atoms with E-state index in [1.165, 1.54) is 16.3 Å². The van der Waals surface area contributed by atoms with Crippen LogP contribution >= 0.6 is 0 Å². The average Bonchev–Trinajstić information content (AvgIpc) is 2.66. The van der Waals surface area contributed by atoms with Crippen molar-refractivity contribution < 1.29 is 14.8 Å². The van der Waals surface area contributed by atoms with E-state index in [0.29, 0.717) is 18.0 Å². The lowest BCUT2D eigenvalue weighted by Crippen LogP contribution is -2.86. The second kappa shape index (κ2) is 7.81. The molecular weight excluding hydrogens is 312 g/mol. The van der Waals surface area contributed by atoms with Gasteiger partial charge in [-0.2, -0.15) is 0 Å². The van der Waals surface area contributed by atoms with Crippen LogP contribution in [-0.2, 0) is 4.79 Å². The molecular formula is C21H23N2O2+. The molecule has 0 radical (unpaired) electrons. The van der Waals surface area contributed by atoms with Crippen LogP contribution in [0, 0.1) is 0 Å². The van der Waals surface area contributed by atoms with Gasteiger partial charge in [-0.15, -0.1) is 0 Å². The van der Waals surface area contributed by atoms with E-state index in [-0.39, 0.29) is 11.9 Å². The van der Waals surface area contributed by atoms with Crippen LogP contribution in [0.1, 0.15) is 18.5 Å². The number of rotatable bonds is 6. The zero-order chi connectivity index (χ0) is 17.6. The number of anilines is 1. The van der Waals surface area contributed by atoms with Crippen molar-refractivity contribution in [1.82, 2.24) is 0 Å². The van der Waals surface area contributed by atoms with Gasteiger partial charge < -0.3 is 15.4 Å². The van der Waals surface area contributed by atoms with Crippen molar-refractivity contribution in [3.05, 3.63) is 72.3 Å². The quantitative estimate of drug-likeness (QED) is 0.727. The lowest BCUT2D eigenvalue weighted by Gasteiger charge is -2.14. The van der Waals surface area contributed by atoms with E-state index in [1.807, 2.05) is 41.7 Å². The van der Waals surface area contributed by atoms with Crippen LogP contribution in [0.5, 0.6) is 5.75 Å². The maximum atomic E-state index is 12.3. The third-order valence-electron chi connectivity index (χ3n) is 4.35. The molecule has 0 spiro atoms. The first kappa shape index (κ1) is 17.0. The summed E-state index contributed by atoms with van der Waals surface area (Å²) in [5, 5.41) is 7.41. The molecule has 25 heavy (non-hydrogen) atoms. The van der Waals surface area contributed by atoms with Gasteiger partial charge in [-0.25, -0.2) is 0 Å². The van der Waals surface area contributed by atoms with Crippen molar-refractivity contribution in [1.29, 1.82) is 0 Å². The van der Waals surface area contributed by atoms with Gasteiger partial charge in [0.05, 0.1) is 12.8 Å². The minimum absolute atomic E-state index is 0.0448. The van der Waals surface area contributed by atoms with Gasteiger partial charge in [-0.3, -0.25) is 4.79 Å². The minimum Gasteiger partial charge on any atom is -0.495 e. The number of quaternary nitrogens is 1. The molecule has 0 aromatic heterocycles. The largest absolute Gasteiger partial charge is 0.495 e. The number of benzene rings is 3. The molecule has 0 fully saturated rings. The Kier molecular flexibility index (Phi) is 5.31. The van der Waals surface area contributed by atoms with Gasteiger partial charge in [0.25, 0.3) is 5.91 Å². The molecule has 0 heterocycles. The van der Waals surface area contributed by atoms with Crippen molar-refractivity contribution in [2.75, 3.05) is 19.0 Å². The number of nitrogens with two attached hydrogens (primary N) is 1. The smallest absolute Gasteiger partial charge is 0.279 e. The van der Waals surface area contributed by atoms with E-state index >= 15 is 0 Å². The summed E-state index contributed by atoms with van der Waals surface area (Å²) in [6.07, 6.45) is 0. The van der Waals surface area contributed by atoms with Crippen LogP contribution < -0.4 is 15.4 Å². The summed E-state index contributed by atoms with van der Waals surface area (Å²) in [6, 6.07) is 22.2. The molecule has 0 aliphatic heterocycles. The summed E-state index contributed by atoms with van der Waals surface area (Å²) >= 11 is 0. The molecule has 1 amide bonds. The summed E-state index contributed by atoms with van der Waals surface area (Å²) < 4.78 is 5.26. The lowest BCUT2D eigenvalue weighted by molar-refractivity contribution is -0.682. The number of para-hydroxylation sites is 2. The fourth-order valence-corrected chi connectivity index (χ4v) is 3.01. The number of methoxy groups -OCH3 is 1. The average molecular weight is 335 g/mol. The Morgan fingerprint density at radius 2 is 1.76 bits per heavy atom. The molecule has 4 nitrogen and oxygen atoms in total. The Balaban J connectivity index is 1.65. The van der Waals surface area contributed by atoms with Crippen molar-refractivity contribution >= 4 is 22.4 Å². The number of nitrogens with one attached hydrogen (secondary N) is 1. The Labute approximate surface area is 147 Å². The molecule has 1 atom stereocenters. The van der Waals surface area contributed by atoms with Crippen LogP contribution in [0.25, 0.3) is 10.8 Å². The molecule has 0 aliphatic carbocycles. The van der Waals surface area contributed by atoms with Crippen molar-refractivity contribution in [2.24, 2.45) is 0 Å². The fourth-order valence-electron chi connectivity index (χ4n) is 3.01. The molecule has 3 rings (SSSR count). The molecule has 0 aliphatic rings. The highest BCUT2D eigenvalue weighted by molar-refractivity contribution is 5.93. The molecule has 3 aromatic rings. The van der Waals surface area contributed by atoms with Gasteiger partial charge in [0.15, 0.2) is 6.54 Å². The second-order valence-corrected chi connectivity index (χ2v) is 6.05. The molecule has 4 heteroatoms. The monoisotopic (exact) mass is 335 g/mol. The molecule has 0 bridgehead atoms. The SMILES string of the molecule is COc1ccccc1NC(=O)C[NH2+][C@H](C)c1cccc2ccccc12. The molecule has 3 N–H and O–H groups in total. The topological polar surface area (TPSA) is 54.9 Å². The zero-order valence-electron chi connectivity index (χ0n) is 14.5. The summed E-state index contributed by atoms with van der Waals surface area (Å²) in [7, 11) is 1.60. The van der Waals surface area contributed by atoms with Gasteiger partial charge in [-0.1, -0.05) is 54.6 Å². The van der Waals surface area contributed by atoms with Gasteiger partial charge in [-0.05, 0) is 29.8 Å². The summed E-state index contributed by atoms with van der Waals surface area (Å²) in [6.45, 7) is 2.47. The standard InChI is InChI=1S/C21H22N2O2/c1-15(17-11-7-9-16-8-3-4-10-18(16)17)22-14-21(24)23-19-12-5-6-13-20(19)25-2/h3-13,15,22H,14H2,1-2H3,(H,23,24)/p+1/t15-/m1/s1. The normalized spacial score (nSPS) is 11.9. The van der Waals surface area contributed by atoms with Crippen molar-refractivity contribution in [3.63, 3.8) is 0 Å². The van der Waals surface area contributed by atoms with E-state index in [0.717, 1.165) is 0 Å². The van der Waals surface area contributed by atoms with Crippen LogP contribution in [-0.4, -0.2) is 19.6 Å². The molecule has 0 saturated heterocycles. The number of amides is 1. The minimum atomic E-state index is -0.0448. The predicted octanol–water partition coefficient (Wildman–Crippen LogP) is 3.11. The Bertz CT molecular complexity index is 871. The molecule has 128 valence electrons. The summed E-state index contributed by atoms with van der Waals surface area (Å²) in [5.41, 5.74) is 1.93. The zero-order valence-corrected chi connectivity index (χ0v) is 14.5. The number of hydrogen-bond acceptors (Lipinski definition) is 2. The number of carbonyl (C=O) groups excluding carboxylic acids is 1. The first-order valence-electron chi connectivity index (χ1n) is 8.43. The van der Waals surface area contributed by atoms with Crippen LogP contribution in [0.15, 0.2) is 66.7 Å². The van der Waals surface area contributed by atoms with Gasteiger partial charge >= 0.3 is 0 Å². The van der Waals surface area contributed by atoms with E-state index in [9.17, 15) is 4.79 Å². The van der Waals surface area contributed by atoms with Gasteiger partial charge in [0.2, 0.25) is 0 Å². The highest BCUT2D eigenvalue weighted by atomic mass is 16.5. The first-order chi connectivity index (χ1) is 12.2. The fraction of sp³-hybridized carbons (Fsp3) is 0.190. The van der Waals surface area contributed by atoms with E-state index < -0.39 is 0 Å². The number of hydrogen-bond donors (Lipinski definition) is 2. The molecule has 0 unspecified atom stereocenters. The first-order valence-corrected chi connectivity index (χ1v) is 8.43. The Morgan fingerprint density at radius 1 is 1.04 bits per heavy atom. The van der Waals surface area contributed by atoms with Crippen LogP contribution in [0.3, 0.4) is 0 Å². The predicted molar refractivity (Wildman–Crippen MR) is 101 cm³/mol. The highest BCUT2D eigenvalue weighted by Crippen LogP contribution is 2.23. The third-order valence-corrected chi connectivity index (χ3v) is 4.35. The summed E-state index contributed by atoms with van der Waals surface area (Å²) in [5.74, 6) is 0.620. The van der Waals surface area contributed by atoms with Crippen molar-refractivity contribution in [3.8, 4) is 5.75 Å². The van der Waals surface area contributed by atoms with Crippen LogP contribution in [0.4, 0.5) is 5.69 Å². The van der Waals surface area contributed by atoms with Gasteiger partial charge in [0.1, 0.15) is 11.8 Å². The number of fused-ring (bicyclic) bond motifs is 1. The number of ether oxygens (including phenoxy) is 1. The third kappa shape index (κ3) is 3.98. The van der Waals surface area contributed by atoms with E-state index in [4.69, 9.17) is 4.74 Å². The van der Waals surface area contributed by atoms with Crippen LogP contribution in [0.2, 0.25) is 0 Å². The van der Waals surface area contributed by atoms with E-state index in [1.54, 1.807) is 7.11 Å². The highest BCUT2D eigenvalue weighted by Gasteiger charge is 2.15. The summed E-state index contributed by atoms with van der Waals surface area (Å²) in [4.78, 5) is 12.3. The number of carbonyl (C=O) groups is 1. The lowest BCUT2D eigenvalue weighted by atomic mass is 10.00. The molecule has 0 saturated carbocycles. The molecule has 3 aromatic carbocycles. The van der Waals surface area contributed by atoms with E-state index in [2.05, 4.69) is 42.6 Å². The Morgan fingerprint density at radius 3 is 2.60 bits per heavy atom.